The highest BCUT2D eigenvalue weighted by Crippen LogP contribution is 2.17. The molecule has 1 heterocycles. The summed E-state index contributed by atoms with van der Waals surface area (Å²) in [7, 11) is 2.00. The van der Waals surface area contributed by atoms with Gasteiger partial charge in [0.2, 0.25) is 0 Å². The van der Waals surface area contributed by atoms with Crippen molar-refractivity contribution in [1.29, 1.82) is 0 Å². The van der Waals surface area contributed by atoms with Crippen molar-refractivity contribution in [2.75, 3.05) is 0 Å². The van der Waals surface area contributed by atoms with Crippen molar-refractivity contribution < 1.29 is 0 Å². The third kappa shape index (κ3) is 3.73. The lowest BCUT2D eigenvalue weighted by atomic mass is 9.97. The van der Waals surface area contributed by atoms with Gasteiger partial charge < -0.3 is 5.73 Å². The second-order valence-electron chi connectivity index (χ2n) is 6.19. The van der Waals surface area contributed by atoms with Gasteiger partial charge in [-0.15, -0.1) is 0 Å². The first-order chi connectivity index (χ1) is 9.88. The quantitative estimate of drug-likeness (QED) is 0.917. The number of nitrogens with two attached hydrogens (primary N) is 1. The van der Waals surface area contributed by atoms with Crippen molar-refractivity contribution in [2.24, 2.45) is 12.8 Å². The van der Waals surface area contributed by atoms with Gasteiger partial charge in [0.25, 0.3) is 0 Å². The van der Waals surface area contributed by atoms with Crippen LogP contribution < -0.4 is 5.73 Å². The maximum atomic E-state index is 6.32. The number of aromatic nitrogens is 2. The van der Waals surface area contributed by atoms with Gasteiger partial charge in [0.1, 0.15) is 0 Å². The number of benzene rings is 1. The molecule has 1 aromatic carbocycles. The van der Waals surface area contributed by atoms with Gasteiger partial charge in [-0.1, -0.05) is 18.2 Å². The van der Waals surface area contributed by atoms with Crippen LogP contribution in [-0.2, 0) is 19.9 Å². The standard InChI is InChI=1S/C18H27N3/c1-12-6-7-16(10-13(12)2)11-17(19)8-9-18-14(3)20-21(5)15(18)4/h6-7,10,17H,8-9,11,19H2,1-5H3. The van der Waals surface area contributed by atoms with Crippen molar-refractivity contribution in [1.82, 2.24) is 9.78 Å². The van der Waals surface area contributed by atoms with Crippen molar-refractivity contribution >= 4 is 0 Å². The Kier molecular flexibility index (Phi) is 4.84. The van der Waals surface area contributed by atoms with Crippen LogP contribution in [0.3, 0.4) is 0 Å². The molecular formula is C18H27N3. The Labute approximate surface area is 128 Å². The molecule has 0 spiro atoms. The van der Waals surface area contributed by atoms with E-state index in [0.717, 1.165) is 25.0 Å². The fraction of sp³-hybridized carbons (Fsp3) is 0.500. The molecule has 0 saturated heterocycles. The van der Waals surface area contributed by atoms with Crippen LogP contribution in [0, 0.1) is 27.7 Å². The molecule has 0 saturated carbocycles. The zero-order chi connectivity index (χ0) is 15.6. The zero-order valence-corrected chi connectivity index (χ0v) is 13.9. The maximum absolute atomic E-state index is 6.32. The minimum Gasteiger partial charge on any atom is -0.327 e. The van der Waals surface area contributed by atoms with Crippen molar-refractivity contribution in [3.05, 3.63) is 51.8 Å². The molecule has 0 aliphatic carbocycles. The van der Waals surface area contributed by atoms with E-state index in [2.05, 4.69) is 51.0 Å². The lowest BCUT2D eigenvalue weighted by molar-refractivity contribution is 0.607. The second kappa shape index (κ2) is 6.44. The minimum absolute atomic E-state index is 0.200. The monoisotopic (exact) mass is 285 g/mol. The molecule has 2 rings (SSSR count). The number of rotatable bonds is 5. The van der Waals surface area contributed by atoms with Gasteiger partial charge in [0.15, 0.2) is 0 Å². The summed E-state index contributed by atoms with van der Waals surface area (Å²) in [5, 5.41) is 4.47. The second-order valence-corrected chi connectivity index (χ2v) is 6.19. The van der Waals surface area contributed by atoms with Gasteiger partial charge in [-0.25, -0.2) is 0 Å². The zero-order valence-electron chi connectivity index (χ0n) is 13.9. The van der Waals surface area contributed by atoms with Gasteiger partial charge >= 0.3 is 0 Å². The van der Waals surface area contributed by atoms with Gasteiger partial charge in [0.05, 0.1) is 5.69 Å². The molecule has 2 aromatic rings. The molecule has 114 valence electrons. The van der Waals surface area contributed by atoms with Crippen LogP contribution in [0.2, 0.25) is 0 Å². The molecule has 0 amide bonds. The van der Waals surface area contributed by atoms with Gasteiger partial charge in [-0.2, -0.15) is 5.10 Å². The lowest BCUT2D eigenvalue weighted by Gasteiger charge is -2.13. The van der Waals surface area contributed by atoms with Crippen LogP contribution >= 0.6 is 0 Å². The number of aryl methyl sites for hydroxylation is 4. The molecule has 21 heavy (non-hydrogen) atoms. The highest BCUT2D eigenvalue weighted by molar-refractivity contribution is 5.30. The summed E-state index contributed by atoms with van der Waals surface area (Å²) in [6, 6.07) is 6.84. The maximum Gasteiger partial charge on any atom is 0.0628 e. The van der Waals surface area contributed by atoms with Crippen LogP contribution in [0.15, 0.2) is 18.2 Å². The molecule has 1 aromatic heterocycles. The normalized spacial score (nSPS) is 12.7. The molecule has 3 nitrogen and oxygen atoms in total. The predicted octanol–water partition coefficient (Wildman–Crippen LogP) is 3.16. The summed E-state index contributed by atoms with van der Waals surface area (Å²) in [5.74, 6) is 0. The van der Waals surface area contributed by atoms with E-state index in [0.29, 0.717) is 0 Å². The lowest BCUT2D eigenvalue weighted by Crippen LogP contribution is -2.23. The molecule has 2 N–H and O–H groups in total. The molecule has 0 radical (unpaired) electrons. The number of hydrogen-bond acceptors (Lipinski definition) is 2. The number of hydrogen-bond donors (Lipinski definition) is 1. The van der Waals surface area contributed by atoms with E-state index in [1.165, 1.54) is 27.9 Å². The number of nitrogens with zero attached hydrogens (tertiary/aromatic N) is 2. The van der Waals surface area contributed by atoms with Crippen LogP contribution in [0.25, 0.3) is 0 Å². The molecule has 0 aliphatic rings. The van der Waals surface area contributed by atoms with Crippen molar-refractivity contribution in [2.45, 2.75) is 53.0 Å². The molecule has 1 unspecified atom stereocenters. The van der Waals surface area contributed by atoms with Gasteiger partial charge in [-0.3, -0.25) is 4.68 Å². The largest absolute Gasteiger partial charge is 0.327 e. The first-order valence-corrected chi connectivity index (χ1v) is 7.69. The van der Waals surface area contributed by atoms with Crippen LogP contribution in [0.1, 0.15) is 40.1 Å². The Morgan fingerprint density at radius 2 is 1.86 bits per heavy atom. The van der Waals surface area contributed by atoms with Gasteiger partial charge in [-0.05, 0) is 69.2 Å². The van der Waals surface area contributed by atoms with E-state index in [1.807, 2.05) is 11.7 Å². The third-order valence-electron chi connectivity index (χ3n) is 4.49. The average molecular weight is 285 g/mol. The summed E-state index contributed by atoms with van der Waals surface area (Å²) in [6.45, 7) is 8.51. The molecule has 3 heteroatoms. The Hall–Kier alpha value is -1.61. The molecule has 0 fully saturated rings. The third-order valence-corrected chi connectivity index (χ3v) is 4.49. The van der Waals surface area contributed by atoms with E-state index in [1.54, 1.807) is 0 Å². The highest BCUT2D eigenvalue weighted by Gasteiger charge is 2.12. The topological polar surface area (TPSA) is 43.8 Å². The molecule has 0 aliphatic heterocycles. The minimum atomic E-state index is 0.200. The molecule has 1 atom stereocenters. The average Bonchev–Trinajstić information content (AvgIpc) is 2.66. The first-order valence-electron chi connectivity index (χ1n) is 7.69. The van der Waals surface area contributed by atoms with E-state index in [4.69, 9.17) is 5.73 Å². The van der Waals surface area contributed by atoms with Crippen molar-refractivity contribution in [3.8, 4) is 0 Å². The Balaban J connectivity index is 1.95. The van der Waals surface area contributed by atoms with Crippen LogP contribution in [0.4, 0.5) is 0 Å². The van der Waals surface area contributed by atoms with Crippen LogP contribution in [0.5, 0.6) is 0 Å². The van der Waals surface area contributed by atoms with Crippen LogP contribution in [-0.4, -0.2) is 15.8 Å². The summed E-state index contributed by atoms with van der Waals surface area (Å²) >= 11 is 0. The summed E-state index contributed by atoms with van der Waals surface area (Å²) in [6.07, 6.45) is 2.96. The fourth-order valence-corrected chi connectivity index (χ4v) is 2.84. The van der Waals surface area contributed by atoms with E-state index in [9.17, 15) is 0 Å². The van der Waals surface area contributed by atoms with E-state index in [-0.39, 0.29) is 6.04 Å². The predicted molar refractivity (Wildman–Crippen MR) is 88.6 cm³/mol. The summed E-state index contributed by atoms with van der Waals surface area (Å²) in [5.41, 5.74) is 14.1. The summed E-state index contributed by atoms with van der Waals surface area (Å²) in [4.78, 5) is 0. The molecule has 0 bridgehead atoms. The molecular weight excluding hydrogens is 258 g/mol. The Morgan fingerprint density at radius 1 is 1.14 bits per heavy atom. The van der Waals surface area contributed by atoms with E-state index >= 15 is 0 Å². The fourth-order valence-electron chi connectivity index (χ4n) is 2.84. The smallest absolute Gasteiger partial charge is 0.0628 e. The van der Waals surface area contributed by atoms with E-state index < -0.39 is 0 Å². The Bertz CT molecular complexity index is 626. The first kappa shape index (κ1) is 15.8. The highest BCUT2D eigenvalue weighted by atomic mass is 15.3. The Morgan fingerprint density at radius 3 is 2.43 bits per heavy atom. The van der Waals surface area contributed by atoms with Gasteiger partial charge in [0, 0.05) is 18.8 Å². The SMILES string of the molecule is Cc1ccc(CC(N)CCc2c(C)nn(C)c2C)cc1C. The summed E-state index contributed by atoms with van der Waals surface area (Å²) < 4.78 is 1.96. The van der Waals surface area contributed by atoms with Crippen molar-refractivity contribution in [3.63, 3.8) is 0 Å².